The number of carbonyl (C=O) groups is 1. The second kappa shape index (κ2) is 12.4. The Bertz CT molecular complexity index is 812. The van der Waals surface area contributed by atoms with Crippen LogP contribution in [0.1, 0.15) is 11.1 Å². The van der Waals surface area contributed by atoms with Gasteiger partial charge in [0.25, 0.3) is 0 Å². The maximum Gasteiger partial charge on any atom is 0.490 e. The summed E-state index contributed by atoms with van der Waals surface area (Å²) in [5.74, 6) is -2.76. The highest BCUT2D eigenvalue weighted by molar-refractivity contribution is 5.73. The van der Waals surface area contributed by atoms with E-state index in [2.05, 4.69) is 10.1 Å². The van der Waals surface area contributed by atoms with E-state index in [1.807, 2.05) is 0 Å². The predicted octanol–water partition coefficient (Wildman–Crippen LogP) is 2.10. The summed E-state index contributed by atoms with van der Waals surface area (Å²) in [5.41, 5.74) is -0.141. The molecule has 0 saturated carbocycles. The Balaban J connectivity index is 0.000000718. The van der Waals surface area contributed by atoms with Gasteiger partial charge in [0.2, 0.25) is 0 Å². The first-order valence-electron chi connectivity index (χ1n) is 9.38. The lowest BCUT2D eigenvalue weighted by atomic mass is 9.88. The van der Waals surface area contributed by atoms with E-state index in [9.17, 15) is 50.4 Å². The summed E-state index contributed by atoms with van der Waals surface area (Å²) < 4.78 is 97.7. The molecular formula is C19H21F8NO6. The maximum absolute atomic E-state index is 12.5. The molecule has 5 N–H and O–H groups in total. The molecule has 15 heteroatoms. The van der Waals surface area contributed by atoms with Crippen LogP contribution < -0.4 is 5.32 Å². The Labute approximate surface area is 187 Å². The van der Waals surface area contributed by atoms with E-state index in [-0.39, 0.29) is 12.1 Å². The van der Waals surface area contributed by atoms with Gasteiger partial charge in [-0.3, -0.25) is 0 Å². The SMILES string of the molecule is O=C(O)C(F)(F)F.O[C@@H]1[C@@H](O)[C@@H](O)C(COC(F)F)=C[C@H]1NCCc1ccc(C(F)(F)F)cc1. The molecule has 1 aliphatic rings. The molecule has 0 aliphatic heterocycles. The fourth-order valence-corrected chi connectivity index (χ4v) is 2.76. The van der Waals surface area contributed by atoms with Crippen LogP contribution in [-0.2, 0) is 22.1 Å². The van der Waals surface area contributed by atoms with Crippen molar-refractivity contribution in [3.05, 3.63) is 47.0 Å². The van der Waals surface area contributed by atoms with E-state index >= 15 is 0 Å². The number of nitrogens with one attached hydrogen (secondary N) is 1. The fraction of sp³-hybridized carbons (Fsp3) is 0.526. The normalized spacial score (nSPS) is 23.2. The lowest BCUT2D eigenvalue weighted by Crippen LogP contribution is -2.54. The van der Waals surface area contributed by atoms with Crippen LogP contribution >= 0.6 is 0 Å². The van der Waals surface area contributed by atoms with Crippen LogP contribution in [0.15, 0.2) is 35.9 Å². The summed E-state index contributed by atoms with van der Waals surface area (Å²) in [6.07, 6.45) is -12.4. The molecule has 1 aromatic rings. The van der Waals surface area contributed by atoms with Crippen molar-refractivity contribution in [2.45, 2.75) is 49.7 Å². The van der Waals surface area contributed by atoms with E-state index in [0.29, 0.717) is 12.0 Å². The van der Waals surface area contributed by atoms with Crippen molar-refractivity contribution in [1.29, 1.82) is 0 Å². The molecule has 0 spiro atoms. The van der Waals surface area contributed by atoms with Crippen LogP contribution in [0.4, 0.5) is 35.1 Å². The first-order chi connectivity index (χ1) is 15.5. The zero-order chi connectivity index (χ0) is 26.3. The third-order valence-corrected chi connectivity index (χ3v) is 4.51. The van der Waals surface area contributed by atoms with E-state index < -0.39 is 61.5 Å². The van der Waals surface area contributed by atoms with Crippen molar-refractivity contribution < 1.29 is 65.1 Å². The monoisotopic (exact) mass is 511 g/mol. The number of halogens is 8. The molecule has 0 heterocycles. The first kappa shape index (κ1) is 29.7. The molecule has 0 radical (unpaired) electrons. The molecule has 0 amide bonds. The molecule has 0 fully saturated rings. The summed E-state index contributed by atoms with van der Waals surface area (Å²) in [6, 6.07) is 3.75. The van der Waals surface area contributed by atoms with Crippen LogP contribution in [0, 0.1) is 0 Å². The van der Waals surface area contributed by atoms with Crippen LogP contribution in [-0.4, -0.2) is 76.7 Å². The molecular weight excluding hydrogens is 490 g/mol. The highest BCUT2D eigenvalue weighted by Crippen LogP contribution is 2.29. The average molecular weight is 511 g/mol. The zero-order valence-electron chi connectivity index (χ0n) is 17.0. The minimum absolute atomic E-state index is 0.000120. The van der Waals surface area contributed by atoms with Crippen LogP contribution in [0.3, 0.4) is 0 Å². The molecule has 2 rings (SSSR count). The van der Waals surface area contributed by atoms with Crippen molar-refractivity contribution in [2.24, 2.45) is 0 Å². The molecule has 1 aromatic carbocycles. The topological polar surface area (TPSA) is 119 Å². The summed E-state index contributed by atoms with van der Waals surface area (Å²) in [5, 5.41) is 39.6. The van der Waals surface area contributed by atoms with Gasteiger partial charge < -0.3 is 30.5 Å². The Morgan fingerprint density at radius 3 is 1.97 bits per heavy atom. The van der Waals surface area contributed by atoms with Crippen molar-refractivity contribution in [1.82, 2.24) is 5.32 Å². The van der Waals surface area contributed by atoms with Gasteiger partial charge in [0, 0.05) is 0 Å². The van der Waals surface area contributed by atoms with Gasteiger partial charge >= 0.3 is 24.9 Å². The highest BCUT2D eigenvalue weighted by atomic mass is 19.4. The van der Waals surface area contributed by atoms with Crippen LogP contribution in [0.25, 0.3) is 0 Å². The quantitative estimate of drug-likeness (QED) is 0.281. The Morgan fingerprint density at radius 2 is 1.53 bits per heavy atom. The minimum atomic E-state index is -5.08. The fourth-order valence-electron chi connectivity index (χ4n) is 2.76. The highest BCUT2D eigenvalue weighted by Gasteiger charge is 2.38. The van der Waals surface area contributed by atoms with E-state index in [0.717, 1.165) is 12.1 Å². The van der Waals surface area contributed by atoms with Gasteiger partial charge in [-0.2, -0.15) is 35.1 Å². The maximum atomic E-state index is 12.5. The molecule has 0 unspecified atom stereocenters. The van der Waals surface area contributed by atoms with E-state index in [1.54, 1.807) is 0 Å². The number of rotatable bonds is 7. The first-order valence-corrected chi connectivity index (χ1v) is 9.38. The Kier molecular flexibility index (Phi) is 10.8. The van der Waals surface area contributed by atoms with Gasteiger partial charge in [-0.1, -0.05) is 18.2 Å². The van der Waals surface area contributed by atoms with Crippen molar-refractivity contribution >= 4 is 5.97 Å². The largest absolute Gasteiger partial charge is 0.490 e. The predicted molar refractivity (Wildman–Crippen MR) is 98.7 cm³/mol. The van der Waals surface area contributed by atoms with Gasteiger partial charge in [0.1, 0.15) is 18.3 Å². The van der Waals surface area contributed by atoms with Crippen molar-refractivity contribution in [3.63, 3.8) is 0 Å². The lowest BCUT2D eigenvalue weighted by molar-refractivity contribution is -0.192. The Hall–Kier alpha value is -2.33. The van der Waals surface area contributed by atoms with E-state index in [4.69, 9.17) is 9.90 Å². The molecule has 1 aliphatic carbocycles. The van der Waals surface area contributed by atoms with Gasteiger partial charge in [-0.05, 0) is 36.2 Å². The number of aliphatic carboxylic acids is 1. The van der Waals surface area contributed by atoms with Crippen molar-refractivity contribution in [2.75, 3.05) is 13.2 Å². The molecule has 0 saturated heterocycles. The molecule has 34 heavy (non-hydrogen) atoms. The number of carboxylic acids is 1. The Morgan fingerprint density at radius 1 is 1.00 bits per heavy atom. The number of aliphatic hydroxyl groups is 3. The second-order valence-electron chi connectivity index (χ2n) is 6.97. The van der Waals surface area contributed by atoms with Gasteiger partial charge in [-0.25, -0.2) is 4.79 Å². The summed E-state index contributed by atoms with van der Waals surface area (Å²) in [7, 11) is 0. The zero-order valence-corrected chi connectivity index (χ0v) is 17.0. The third-order valence-electron chi connectivity index (χ3n) is 4.51. The minimum Gasteiger partial charge on any atom is -0.475 e. The van der Waals surface area contributed by atoms with Crippen LogP contribution in [0.2, 0.25) is 0 Å². The van der Waals surface area contributed by atoms with E-state index in [1.165, 1.54) is 18.2 Å². The third kappa shape index (κ3) is 9.50. The summed E-state index contributed by atoms with van der Waals surface area (Å²) >= 11 is 0. The number of hydrogen-bond acceptors (Lipinski definition) is 6. The molecule has 0 aromatic heterocycles. The number of hydrogen-bond donors (Lipinski definition) is 5. The average Bonchev–Trinajstić information content (AvgIpc) is 2.72. The molecule has 0 bridgehead atoms. The summed E-state index contributed by atoms with van der Waals surface area (Å²) in [6.45, 7) is -3.43. The van der Waals surface area contributed by atoms with Crippen LogP contribution in [0.5, 0.6) is 0 Å². The smallest absolute Gasteiger partial charge is 0.475 e. The summed E-state index contributed by atoms with van der Waals surface area (Å²) in [4.78, 5) is 8.90. The standard InChI is InChI=1S/C17H20F5NO4.C2HF3O2/c18-16(19)27-8-10-7-12(14(25)15(26)13(10)24)23-6-5-9-1-3-11(4-2-9)17(20,21)22;3-2(4,5)1(6)7/h1-4,7,12-16,23-26H,5-6,8H2;(H,6,7)/t12-,13+,14+,15+;/m1./s1. The molecule has 194 valence electrons. The number of ether oxygens (including phenoxy) is 1. The number of carboxylic acid groups (broad SMARTS) is 1. The second-order valence-corrected chi connectivity index (χ2v) is 6.97. The molecule has 7 nitrogen and oxygen atoms in total. The number of alkyl halides is 8. The molecule has 4 atom stereocenters. The number of benzene rings is 1. The van der Waals surface area contributed by atoms with Crippen molar-refractivity contribution in [3.8, 4) is 0 Å². The number of aliphatic hydroxyl groups excluding tert-OH is 3. The van der Waals surface area contributed by atoms with Gasteiger partial charge in [0.15, 0.2) is 0 Å². The lowest BCUT2D eigenvalue weighted by Gasteiger charge is -2.35. The van der Waals surface area contributed by atoms with Gasteiger partial charge in [0.05, 0.1) is 18.2 Å². The van der Waals surface area contributed by atoms with Gasteiger partial charge in [-0.15, -0.1) is 0 Å².